The third kappa shape index (κ3) is 4.96. The van der Waals surface area contributed by atoms with Gasteiger partial charge in [0.25, 0.3) is 0 Å². The number of ether oxygens (including phenoxy) is 2. The lowest BCUT2D eigenvalue weighted by molar-refractivity contribution is -0.134. The van der Waals surface area contributed by atoms with Gasteiger partial charge < -0.3 is 15.2 Å². The highest BCUT2D eigenvalue weighted by Crippen LogP contribution is 2.28. The molecule has 0 aliphatic rings. The third-order valence-corrected chi connectivity index (χ3v) is 3.44. The smallest absolute Gasteiger partial charge is 0.311 e. The van der Waals surface area contributed by atoms with Crippen LogP contribution in [0.4, 0.5) is 10.9 Å². The summed E-state index contributed by atoms with van der Waals surface area (Å²) in [6.07, 6.45) is 1.92. The van der Waals surface area contributed by atoms with Crippen LogP contribution in [0, 0.1) is 0 Å². The Morgan fingerprint density at radius 1 is 1.43 bits per heavy atom. The first-order chi connectivity index (χ1) is 11.1. The highest BCUT2D eigenvalue weighted by atomic mass is 32.1. The summed E-state index contributed by atoms with van der Waals surface area (Å²) >= 11 is 1.36. The van der Waals surface area contributed by atoms with Crippen molar-refractivity contribution in [2.75, 3.05) is 17.8 Å². The molecule has 0 spiro atoms. The molecule has 7 nitrogen and oxygen atoms in total. The van der Waals surface area contributed by atoms with Crippen molar-refractivity contribution in [1.82, 2.24) is 4.98 Å². The average molecular weight is 334 g/mol. The van der Waals surface area contributed by atoms with Crippen LogP contribution in [0.15, 0.2) is 28.7 Å². The first kappa shape index (κ1) is 16.8. The van der Waals surface area contributed by atoms with Crippen LogP contribution in [0.1, 0.15) is 25.8 Å². The number of hydrogen-bond donors (Lipinski definition) is 2. The molecule has 0 atom stereocenters. The lowest BCUT2D eigenvalue weighted by Gasteiger charge is -2.10. The summed E-state index contributed by atoms with van der Waals surface area (Å²) in [5.41, 5.74) is 9.12. The van der Waals surface area contributed by atoms with Crippen LogP contribution in [0.2, 0.25) is 0 Å². The number of nitrogens with zero attached hydrogens (tertiary/aromatic N) is 2. The number of benzene rings is 1. The van der Waals surface area contributed by atoms with Gasteiger partial charge in [-0.15, -0.1) is 11.3 Å². The van der Waals surface area contributed by atoms with E-state index in [1.165, 1.54) is 11.3 Å². The molecule has 0 unspecified atom stereocenters. The number of esters is 1. The maximum Gasteiger partial charge on any atom is 0.311 e. The second-order valence-corrected chi connectivity index (χ2v) is 5.27. The summed E-state index contributed by atoms with van der Waals surface area (Å²) < 4.78 is 10.7. The van der Waals surface area contributed by atoms with Crippen molar-refractivity contribution in [1.29, 1.82) is 0 Å². The molecule has 0 aliphatic heterocycles. The van der Waals surface area contributed by atoms with E-state index in [0.717, 1.165) is 5.56 Å². The number of rotatable bonds is 7. The summed E-state index contributed by atoms with van der Waals surface area (Å²) in [4.78, 5) is 15.5. The van der Waals surface area contributed by atoms with Gasteiger partial charge in [0.15, 0.2) is 11.5 Å². The molecule has 1 aromatic heterocycles. The van der Waals surface area contributed by atoms with E-state index in [4.69, 9.17) is 15.2 Å². The number of nitrogens with one attached hydrogen (secondary N) is 1. The lowest BCUT2D eigenvalue weighted by atomic mass is 10.2. The monoisotopic (exact) mass is 334 g/mol. The molecule has 0 radical (unpaired) electrons. The Morgan fingerprint density at radius 3 is 2.91 bits per heavy atom. The minimum absolute atomic E-state index is 0.301. The number of nitrogen functional groups attached to an aromatic ring is 1. The summed E-state index contributed by atoms with van der Waals surface area (Å²) in [6.45, 7) is 4.06. The quantitative estimate of drug-likeness (QED) is 0.350. The largest absolute Gasteiger partial charge is 0.490 e. The second-order valence-electron chi connectivity index (χ2n) is 4.41. The molecule has 0 amide bonds. The first-order valence-corrected chi connectivity index (χ1v) is 7.98. The number of carbonyl (C=O) groups is 1. The summed E-state index contributed by atoms with van der Waals surface area (Å²) in [6, 6.07) is 5.21. The standard InChI is InChI=1S/C15H18N4O3S/c1-3-14(20)22-11-6-5-10(7-12(11)21-4-2)8-17-19-15-18-13(16)9-23-15/h5-9H,3-4,16H2,1-2H3,(H,18,19). The number of nitrogens with two attached hydrogens (primary N) is 1. The molecule has 1 aromatic carbocycles. The van der Waals surface area contributed by atoms with Gasteiger partial charge in [0.05, 0.1) is 12.8 Å². The van der Waals surface area contributed by atoms with Gasteiger partial charge in [-0.05, 0) is 30.7 Å². The van der Waals surface area contributed by atoms with Crippen LogP contribution in [-0.4, -0.2) is 23.8 Å². The first-order valence-electron chi connectivity index (χ1n) is 7.10. The molecule has 23 heavy (non-hydrogen) atoms. The summed E-state index contributed by atoms with van der Waals surface area (Å²) in [7, 11) is 0. The number of carbonyl (C=O) groups excluding carboxylic acids is 1. The summed E-state index contributed by atoms with van der Waals surface area (Å²) in [5, 5.41) is 6.42. The molecule has 0 fully saturated rings. The minimum Gasteiger partial charge on any atom is -0.490 e. The molecule has 1 heterocycles. The maximum atomic E-state index is 11.4. The average Bonchev–Trinajstić information content (AvgIpc) is 2.95. The molecular weight excluding hydrogens is 316 g/mol. The Kier molecular flexibility index (Phi) is 5.93. The number of hydrazone groups is 1. The van der Waals surface area contributed by atoms with Crippen molar-refractivity contribution < 1.29 is 14.3 Å². The SMILES string of the molecule is CCOc1cc(C=NNc2nc(N)cs2)ccc1OC(=O)CC. The van der Waals surface area contributed by atoms with Gasteiger partial charge in [-0.1, -0.05) is 6.92 Å². The van der Waals surface area contributed by atoms with Gasteiger partial charge in [-0.3, -0.25) is 10.2 Å². The highest BCUT2D eigenvalue weighted by molar-refractivity contribution is 7.14. The molecule has 0 aliphatic carbocycles. The molecule has 0 saturated heterocycles. The van der Waals surface area contributed by atoms with Crippen LogP contribution in [0.25, 0.3) is 0 Å². The van der Waals surface area contributed by atoms with Crippen molar-refractivity contribution in [2.24, 2.45) is 5.10 Å². The Morgan fingerprint density at radius 2 is 2.26 bits per heavy atom. The van der Waals surface area contributed by atoms with Crippen LogP contribution in [-0.2, 0) is 4.79 Å². The van der Waals surface area contributed by atoms with E-state index in [1.807, 2.05) is 6.92 Å². The van der Waals surface area contributed by atoms with Gasteiger partial charge in [-0.25, -0.2) is 4.98 Å². The fourth-order valence-corrected chi connectivity index (χ4v) is 2.20. The van der Waals surface area contributed by atoms with Gasteiger partial charge in [0.1, 0.15) is 5.82 Å². The lowest BCUT2D eigenvalue weighted by Crippen LogP contribution is -2.07. The van der Waals surface area contributed by atoms with E-state index in [9.17, 15) is 4.79 Å². The predicted octanol–water partition coefficient (Wildman–Crippen LogP) is 2.89. The minimum atomic E-state index is -0.310. The van der Waals surface area contributed by atoms with E-state index in [-0.39, 0.29) is 5.97 Å². The Bertz CT molecular complexity index is 700. The van der Waals surface area contributed by atoms with Crippen molar-refractivity contribution in [3.8, 4) is 11.5 Å². The van der Waals surface area contributed by atoms with E-state index in [1.54, 1.807) is 36.7 Å². The molecule has 122 valence electrons. The van der Waals surface area contributed by atoms with Gasteiger partial charge in [0, 0.05) is 11.8 Å². The highest BCUT2D eigenvalue weighted by Gasteiger charge is 2.09. The molecule has 2 aromatic rings. The number of hydrogen-bond acceptors (Lipinski definition) is 8. The van der Waals surface area contributed by atoms with Crippen LogP contribution in [0.3, 0.4) is 0 Å². The number of anilines is 2. The zero-order valence-corrected chi connectivity index (χ0v) is 13.7. The maximum absolute atomic E-state index is 11.4. The van der Waals surface area contributed by atoms with E-state index in [2.05, 4.69) is 15.5 Å². The zero-order valence-electron chi connectivity index (χ0n) is 12.9. The molecule has 8 heteroatoms. The van der Waals surface area contributed by atoms with Crippen LogP contribution < -0.4 is 20.6 Å². The van der Waals surface area contributed by atoms with Crippen LogP contribution in [0.5, 0.6) is 11.5 Å². The fourth-order valence-electron chi connectivity index (χ4n) is 1.65. The van der Waals surface area contributed by atoms with Gasteiger partial charge in [-0.2, -0.15) is 5.10 Å². The normalized spacial score (nSPS) is 10.7. The van der Waals surface area contributed by atoms with Crippen molar-refractivity contribution in [3.63, 3.8) is 0 Å². The third-order valence-electron chi connectivity index (χ3n) is 2.68. The summed E-state index contributed by atoms with van der Waals surface area (Å²) in [5.74, 6) is 1.04. The second kappa shape index (κ2) is 8.14. The molecule has 0 bridgehead atoms. The Balaban J connectivity index is 2.09. The van der Waals surface area contributed by atoms with Crippen molar-refractivity contribution in [3.05, 3.63) is 29.1 Å². The number of aromatic nitrogens is 1. The molecule has 3 N–H and O–H groups in total. The molecule has 0 saturated carbocycles. The topological polar surface area (TPSA) is 98.8 Å². The van der Waals surface area contributed by atoms with Crippen molar-refractivity contribution in [2.45, 2.75) is 20.3 Å². The Hall–Kier alpha value is -2.61. The predicted molar refractivity (Wildman–Crippen MR) is 91.3 cm³/mol. The fraction of sp³-hybridized carbons (Fsp3) is 0.267. The van der Waals surface area contributed by atoms with Gasteiger partial charge >= 0.3 is 5.97 Å². The van der Waals surface area contributed by atoms with Crippen molar-refractivity contribution >= 4 is 34.5 Å². The zero-order chi connectivity index (χ0) is 16.7. The van der Waals surface area contributed by atoms with E-state index < -0.39 is 0 Å². The Labute approximate surface area is 138 Å². The van der Waals surface area contributed by atoms with Crippen LogP contribution >= 0.6 is 11.3 Å². The van der Waals surface area contributed by atoms with E-state index in [0.29, 0.717) is 35.5 Å². The van der Waals surface area contributed by atoms with Gasteiger partial charge in [0.2, 0.25) is 5.13 Å². The number of thiazole rings is 1. The van der Waals surface area contributed by atoms with E-state index >= 15 is 0 Å². The molecular formula is C15H18N4O3S. The molecule has 2 rings (SSSR count).